The van der Waals surface area contributed by atoms with Crippen molar-refractivity contribution in [3.05, 3.63) is 88.9 Å². The fourth-order valence-corrected chi connectivity index (χ4v) is 4.72. The molecule has 166 valence electrons. The van der Waals surface area contributed by atoms with E-state index in [0.29, 0.717) is 0 Å². The molecule has 1 amide bonds. The molecule has 0 fully saturated rings. The lowest BCUT2D eigenvalue weighted by molar-refractivity contribution is -0.114. The minimum Gasteiger partial charge on any atom is -0.465 e. The number of benzene rings is 3. The third kappa shape index (κ3) is 5.09. The van der Waals surface area contributed by atoms with Crippen molar-refractivity contribution in [2.45, 2.75) is 11.8 Å². The minimum atomic E-state index is -4.12. The number of nitrogens with one attached hydrogen (secondary N) is 1. The number of hydrogen-bond donors (Lipinski definition) is 1. The van der Waals surface area contributed by atoms with E-state index in [1.165, 1.54) is 37.4 Å². The smallest absolute Gasteiger partial charge is 0.339 e. The van der Waals surface area contributed by atoms with Crippen molar-refractivity contribution < 1.29 is 22.7 Å². The molecule has 0 aromatic heterocycles. The first-order valence-electron chi connectivity index (χ1n) is 9.55. The fourth-order valence-electron chi connectivity index (χ4n) is 2.99. The Morgan fingerprint density at radius 2 is 1.59 bits per heavy atom. The number of anilines is 2. The summed E-state index contributed by atoms with van der Waals surface area (Å²) in [4.78, 5) is 24.9. The van der Waals surface area contributed by atoms with Crippen LogP contribution in [-0.4, -0.2) is 33.9 Å². The second-order valence-corrected chi connectivity index (χ2v) is 9.13. The van der Waals surface area contributed by atoms with Gasteiger partial charge in [-0.05, 0) is 43.3 Å². The molecular weight excluding hydrogens is 452 g/mol. The molecule has 0 aliphatic rings. The van der Waals surface area contributed by atoms with Gasteiger partial charge >= 0.3 is 5.97 Å². The Labute approximate surface area is 191 Å². The van der Waals surface area contributed by atoms with Crippen LogP contribution in [0.1, 0.15) is 15.9 Å². The van der Waals surface area contributed by atoms with E-state index in [1.807, 2.05) is 6.92 Å². The lowest BCUT2D eigenvalue weighted by Gasteiger charge is -2.25. The Morgan fingerprint density at radius 3 is 2.25 bits per heavy atom. The van der Waals surface area contributed by atoms with Crippen LogP contribution in [0.15, 0.2) is 77.7 Å². The lowest BCUT2D eigenvalue weighted by atomic mass is 10.2. The molecule has 7 nitrogen and oxygen atoms in total. The number of nitrogens with zero attached hydrogens (tertiary/aromatic N) is 1. The molecule has 9 heteroatoms. The van der Waals surface area contributed by atoms with Crippen LogP contribution in [0.25, 0.3) is 0 Å². The summed E-state index contributed by atoms with van der Waals surface area (Å²) < 4.78 is 32.5. The number of para-hydroxylation sites is 2. The Hall–Kier alpha value is -3.36. The van der Waals surface area contributed by atoms with Gasteiger partial charge in [-0.2, -0.15) is 0 Å². The van der Waals surface area contributed by atoms with Crippen molar-refractivity contribution in [1.29, 1.82) is 0 Å². The van der Waals surface area contributed by atoms with Gasteiger partial charge in [-0.15, -0.1) is 0 Å². The average Bonchev–Trinajstić information content (AvgIpc) is 2.78. The number of carbonyl (C=O) groups is 2. The van der Waals surface area contributed by atoms with Gasteiger partial charge in [0, 0.05) is 0 Å². The number of esters is 1. The van der Waals surface area contributed by atoms with E-state index in [9.17, 15) is 18.0 Å². The Kier molecular flexibility index (Phi) is 7.17. The SMILES string of the molecule is COC(=O)c1ccccc1NC(=O)CN(c1ccccc1Cl)S(=O)(=O)c1ccc(C)cc1. The Morgan fingerprint density at radius 1 is 0.969 bits per heavy atom. The molecule has 3 aromatic carbocycles. The predicted octanol–water partition coefficient (Wildman–Crippen LogP) is 4.27. The second kappa shape index (κ2) is 9.84. The molecule has 0 bridgehead atoms. The van der Waals surface area contributed by atoms with Crippen LogP contribution in [0.4, 0.5) is 11.4 Å². The highest BCUT2D eigenvalue weighted by atomic mass is 35.5. The standard InChI is InChI=1S/C23H21ClN2O5S/c1-16-11-13-17(14-12-16)32(29,30)26(21-10-6-4-8-19(21)24)15-22(27)25-20-9-5-3-7-18(20)23(28)31-2/h3-14H,15H2,1-2H3,(H,25,27). The van der Waals surface area contributed by atoms with Crippen molar-refractivity contribution in [1.82, 2.24) is 0 Å². The van der Waals surface area contributed by atoms with Crippen molar-refractivity contribution in [2.24, 2.45) is 0 Å². The zero-order valence-corrected chi connectivity index (χ0v) is 19.0. The van der Waals surface area contributed by atoms with Crippen molar-refractivity contribution >= 4 is 44.9 Å². The molecular formula is C23H21ClN2O5S. The molecule has 0 spiro atoms. The van der Waals surface area contributed by atoms with Crippen molar-refractivity contribution in [3.63, 3.8) is 0 Å². The van der Waals surface area contributed by atoms with Crippen LogP contribution in [0, 0.1) is 6.92 Å². The number of aryl methyl sites for hydroxylation is 1. The van der Waals surface area contributed by atoms with E-state index >= 15 is 0 Å². The van der Waals surface area contributed by atoms with Gasteiger partial charge in [0.15, 0.2) is 0 Å². The first kappa shape index (κ1) is 23.3. The van der Waals surface area contributed by atoms with Gasteiger partial charge in [0.05, 0.1) is 34.0 Å². The first-order valence-corrected chi connectivity index (χ1v) is 11.4. The van der Waals surface area contributed by atoms with Crippen LogP contribution < -0.4 is 9.62 Å². The first-order chi connectivity index (χ1) is 15.2. The summed E-state index contributed by atoms with van der Waals surface area (Å²) in [7, 11) is -2.89. The molecule has 1 N–H and O–H groups in total. The Balaban J connectivity index is 1.97. The van der Waals surface area contributed by atoms with Crippen LogP contribution in [0.3, 0.4) is 0 Å². The normalized spacial score (nSPS) is 11.0. The maximum absolute atomic E-state index is 13.4. The largest absolute Gasteiger partial charge is 0.465 e. The average molecular weight is 473 g/mol. The number of carbonyl (C=O) groups excluding carboxylic acids is 2. The highest BCUT2D eigenvalue weighted by molar-refractivity contribution is 7.92. The molecule has 0 saturated carbocycles. The van der Waals surface area contributed by atoms with Crippen LogP contribution in [0.5, 0.6) is 0 Å². The second-order valence-electron chi connectivity index (χ2n) is 6.86. The Bertz CT molecular complexity index is 1240. The maximum atomic E-state index is 13.4. The number of amides is 1. The quantitative estimate of drug-likeness (QED) is 0.518. The highest BCUT2D eigenvalue weighted by Crippen LogP contribution is 2.30. The molecule has 0 heterocycles. The van der Waals surface area contributed by atoms with Crippen LogP contribution >= 0.6 is 11.6 Å². The number of halogens is 1. The number of rotatable bonds is 7. The summed E-state index contributed by atoms with van der Waals surface area (Å²) in [6.45, 7) is 1.28. The van der Waals surface area contributed by atoms with E-state index in [-0.39, 0.29) is 26.9 Å². The monoisotopic (exact) mass is 472 g/mol. The molecule has 32 heavy (non-hydrogen) atoms. The number of hydrogen-bond acceptors (Lipinski definition) is 5. The zero-order chi connectivity index (χ0) is 23.3. The zero-order valence-electron chi connectivity index (χ0n) is 17.4. The van der Waals surface area contributed by atoms with E-state index in [4.69, 9.17) is 16.3 Å². The van der Waals surface area contributed by atoms with E-state index in [0.717, 1.165) is 9.87 Å². The summed E-state index contributed by atoms with van der Waals surface area (Å²) in [5, 5.41) is 2.76. The summed E-state index contributed by atoms with van der Waals surface area (Å²) >= 11 is 6.27. The summed E-state index contributed by atoms with van der Waals surface area (Å²) in [5.41, 5.74) is 1.40. The number of ether oxygens (including phenoxy) is 1. The minimum absolute atomic E-state index is 0.0192. The number of methoxy groups -OCH3 is 1. The third-order valence-corrected chi connectivity index (χ3v) is 6.72. The summed E-state index contributed by atoms with van der Waals surface area (Å²) in [5.74, 6) is -1.28. The van der Waals surface area contributed by atoms with E-state index < -0.39 is 28.4 Å². The van der Waals surface area contributed by atoms with E-state index in [1.54, 1.807) is 42.5 Å². The van der Waals surface area contributed by atoms with E-state index in [2.05, 4.69) is 5.32 Å². The number of sulfonamides is 1. The fraction of sp³-hybridized carbons (Fsp3) is 0.130. The highest BCUT2D eigenvalue weighted by Gasteiger charge is 2.29. The molecule has 0 radical (unpaired) electrons. The third-order valence-electron chi connectivity index (χ3n) is 4.62. The maximum Gasteiger partial charge on any atom is 0.339 e. The molecule has 0 atom stereocenters. The summed E-state index contributed by atoms with van der Waals surface area (Å²) in [6.07, 6.45) is 0. The molecule has 0 unspecified atom stereocenters. The van der Waals surface area contributed by atoms with Crippen molar-refractivity contribution in [2.75, 3.05) is 23.3 Å². The van der Waals surface area contributed by atoms with Gasteiger partial charge in [-0.1, -0.05) is 53.6 Å². The van der Waals surface area contributed by atoms with Crippen molar-refractivity contribution in [3.8, 4) is 0 Å². The van der Waals surface area contributed by atoms with Gasteiger partial charge in [-0.3, -0.25) is 9.10 Å². The van der Waals surface area contributed by atoms with Gasteiger partial charge in [0.1, 0.15) is 6.54 Å². The van der Waals surface area contributed by atoms with Crippen LogP contribution in [0.2, 0.25) is 5.02 Å². The topological polar surface area (TPSA) is 92.8 Å². The lowest BCUT2D eigenvalue weighted by Crippen LogP contribution is -2.38. The van der Waals surface area contributed by atoms with Crippen LogP contribution in [-0.2, 0) is 19.6 Å². The predicted molar refractivity (Wildman–Crippen MR) is 124 cm³/mol. The van der Waals surface area contributed by atoms with Gasteiger partial charge in [0.25, 0.3) is 10.0 Å². The molecule has 0 aliphatic carbocycles. The molecule has 3 aromatic rings. The van der Waals surface area contributed by atoms with Gasteiger partial charge in [0.2, 0.25) is 5.91 Å². The van der Waals surface area contributed by atoms with Gasteiger partial charge < -0.3 is 10.1 Å². The van der Waals surface area contributed by atoms with Gasteiger partial charge in [-0.25, -0.2) is 13.2 Å². The summed E-state index contributed by atoms with van der Waals surface area (Å²) in [6, 6.07) is 18.9. The molecule has 0 aliphatic heterocycles. The molecule has 3 rings (SSSR count). The molecule has 0 saturated heterocycles.